The number of esters is 1. The lowest BCUT2D eigenvalue weighted by Gasteiger charge is -2.06. The number of hydrogen-bond donors (Lipinski definition) is 1. The fraction of sp³-hybridized carbons (Fsp3) is 0.200. The summed E-state index contributed by atoms with van der Waals surface area (Å²) in [6, 6.07) is 4.94. The van der Waals surface area contributed by atoms with Gasteiger partial charge in [-0.3, -0.25) is 4.79 Å². The largest absolute Gasteiger partial charge is 0.459 e. The average Bonchev–Trinajstić information content (AvgIpc) is 2.22. The molecule has 1 rings (SSSR count). The number of benzene rings is 1. The van der Waals surface area contributed by atoms with Crippen molar-refractivity contribution in [2.24, 2.45) is 0 Å². The molecule has 1 N–H and O–H groups in total. The second kappa shape index (κ2) is 6.05. The van der Waals surface area contributed by atoms with E-state index in [0.717, 1.165) is 3.57 Å². The lowest BCUT2D eigenvalue weighted by molar-refractivity contribution is -0.152. The third-order valence-electron chi connectivity index (χ3n) is 1.64. The molecule has 0 aliphatic rings. The van der Waals surface area contributed by atoms with Gasteiger partial charge in [0.1, 0.15) is 0 Å². The third-order valence-corrected chi connectivity index (χ3v) is 2.77. The number of amides is 1. The van der Waals surface area contributed by atoms with Crippen LogP contribution in [0.2, 0.25) is 5.02 Å². The molecule has 0 heterocycles. The fourth-order valence-corrected chi connectivity index (χ4v) is 1.97. The second-order valence-electron chi connectivity index (χ2n) is 2.80. The normalized spacial score (nSPS) is 9.69. The number of hydrogen-bond acceptors (Lipinski definition) is 3. The van der Waals surface area contributed by atoms with Crippen LogP contribution in [0, 0.1) is 3.57 Å². The number of halogens is 2. The molecule has 0 fully saturated rings. The first-order chi connectivity index (χ1) is 7.54. The molecule has 1 aromatic carbocycles. The van der Waals surface area contributed by atoms with Crippen LogP contribution in [0.1, 0.15) is 6.92 Å². The van der Waals surface area contributed by atoms with Crippen molar-refractivity contribution >= 4 is 51.8 Å². The number of rotatable bonds is 2. The molecule has 0 unspecified atom stereocenters. The monoisotopic (exact) mass is 353 g/mol. The number of carbonyl (C=O) groups excluding carboxylic acids is 2. The van der Waals surface area contributed by atoms with Crippen LogP contribution in [-0.4, -0.2) is 18.5 Å². The Morgan fingerprint density at radius 2 is 2.19 bits per heavy atom. The van der Waals surface area contributed by atoms with Gasteiger partial charge in [-0.1, -0.05) is 11.6 Å². The van der Waals surface area contributed by atoms with E-state index in [1.807, 2.05) is 22.6 Å². The van der Waals surface area contributed by atoms with Gasteiger partial charge in [0.15, 0.2) is 0 Å². The summed E-state index contributed by atoms with van der Waals surface area (Å²) in [5.41, 5.74) is 0.531. The molecule has 1 aromatic rings. The Labute approximate surface area is 111 Å². The van der Waals surface area contributed by atoms with Crippen molar-refractivity contribution in [3.63, 3.8) is 0 Å². The summed E-state index contributed by atoms with van der Waals surface area (Å²) in [5.74, 6) is -1.68. The zero-order chi connectivity index (χ0) is 12.1. The molecule has 16 heavy (non-hydrogen) atoms. The SMILES string of the molecule is CCOC(=O)C(=O)Nc1ccc(Cl)cc1I. The van der Waals surface area contributed by atoms with Crippen LogP contribution >= 0.6 is 34.2 Å². The average molecular weight is 354 g/mol. The standard InChI is InChI=1S/C10H9ClINO3/c1-2-16-10(15)9(14)13-8-4-3-6(11)5-7(8)12/h3-5H,2H2,1H3,(H,13,14). The molecule has 0 aliphatic carbocycles. The van der Waals surface area contributed by atoms with Crippen molar-refractivity contribution in [3.05, 3.63) is 26.8 Å². The lowest BCUT2D eigenvalue weighted by atomic mass is 10.3. The highest BCUT2D eigenvalue weighted by Crippen LogP contribution is 2.22. The van der Waals surface area contributed by atoms with E-state index in [4.69, 9.17) is 11.6 Å². The minimum atomic E-state index is -0.895. The minimum absolute atomic E-state index is 0.171. The molecule has 4 nitrogen and oxygen atoms in total. The van der Waals surface area contributed by atoms with Gasteiger partial charge < -0.3 is 10.1 Å². The number of carbonyl (C=O) groups is 2. The van der Waals surface area contributed by atoms with Crippen LogP contribution < -0.4 is 5.32 Å². The fourth-order valence-electron chi connectivity index (χ4n) is 0.961. The molecule has 0 aromatic heterocycles. The van der Waals surface area contributed by atoms with Gasteiger partial charge in [0.2, 0.25) is 0 Å². The van der Waals surface area contributed by atoms with E-state index in [1.165, 1.54) is 0 Å². The third kappa shape index (κ3) is 3.64. The van der Waals surface area contributed by atoms with Gasteiger partial charge in [-0.15, -0.1) is 0 Å². The maximum absolute atomic E-state index is 11.3. The zero-order valence-electron chi connectivity index (χ0n) is 8.42. The van der Waals surface area contributed by atoms with E-state index in [9.17, 15) is 9.59 Å². The molecule has 1 amide bonds. The van der Waals surface area contributed by atoms with Crippen LogP contribution in [0.15, 0.2) is 18.2 Å². The Morgan fingerprint density at radius 3 is 2.75 bits per heavy atom. The molecule has 0 radical (unpaired) electrons. The van der Waals surface area contributed by atoms with Crippen molar-refractivity contribution < 1.29 is 14.3 Å². The molecular formula is C10H9ClINO3. The summed E-state index contributed by atoms with van der Waals surface area (Å²) in [6.45, 7) is 1.81. The van der Waals surface area contributed by atoms with Crippen molar-refractivity contribution in [1.29, 1.82) is 0 Å². The summed E-state index contributed by atoms with van der Waals surface area (Å²) in [7, 11) is 0. The molecule has 6 heteroatoms. The maximum atomic E-state index is 11.3. The van der Waals surface area contributed by atoms with Crippen LogP contribution in [0.25, 0.3) is 0 Å². The Morgan fingerprint density at radius 1 is 1.50 bits per heavy atom. The number of nitrogens with one attached hydrogen (secondary N) is 1. The predicted molar refractivity (Wildman–Crippen MR) is 69.4 cm³/mol. The first-order valence-electron chi connectivity index (χ1n) is 4.47. The lowest BCUT2D eigenvalue weighted by Crippen LogP contribution is -2.25. The predicted octanol–water partition coefficient (Wildman–Crippen LogP) is 2.45. The van der Waals surface area contributed by atoms with Gasteiger partial charge in [-0.2, -0.15) is 0 Å². The highest BCUT2D eigenvalue weighted by Gasteiger charge is 2.15. The van der Waals surface area contributed by atoms with Crippen LogP contribution in [0.5, 0.6) is 0 Å². The summed E-state index contributed by atoms with van der Waals surface area (Å²) in [5, 5.41) is 3.01. The molecular weight excluding hydrogens is 344 g/mol. The maximum Gasteiger partial charge on any atom is 0.397 e. The van der Waals surface area contributed by atoms with Gasteiger partial charge in [0.05, 0.1) is 12.3 Å². The molecule has 0 saturated heterocycles. The summed E-state index contributed by atoms with van der Waals surface area (Å²) in [4.78, 5) is 22.4. The van der Waals surface area contributed by atoms with E-state index >= 15 is 0 Å². The van der Waals surface area contributed by atoms with Crippen molar-refractivity contribution in [2.75, 3.05) is 11.9 Å². The number of anilines is 1. The van der Waals surface area contributed by atoms with E-state index in [2.05, 4.69) is 10.1 Å². The molecule has 0 bridgehead atoms. The van der Waals surface area contributed by atoms with Crippen molar-refractivity contribution in [1.82, 2.24) is 0 Å². The van der Waals surface area contributed by atoms with E-state index in [0.29, 0.717) is 10.7 Å². The molecule has 0 aliphatic heterocycles. The van der Waals surface area contributed by atoms with E-state index in [1.54, 1.807) is 25.1 Å². The first kappa shape index (κ1) is 13.2. The van der Waals surface area contributed by atoms with Crippen molar-refractivity contribution in [3.8, 4) is 0 Å². The first-order valence-corrected chi connectivity index (χ1v) is 5.93. The van der Waals surface area contributed by atoms with Gasteiger partial charge in [0, 0.05) is 8.59 Å². The quantitative estimate of drug-likeness (QED) is 0.505. The van der Waals surface area contributed by atoms with Crippen LogP contribution in [0.4, 0.5) is 5.69 Å². The summed E-state index contributed by atoms with van der Waals surface area (Å²) in [6.07, 6.45) is 0. The Bertz CT molecular complexity index is 423. The molecule has 0 saturated carbocycles. The van der Waals surface area contributed by atoms with E-state index in [-0.39, 0.29) is 6.61 Å². The summed E-state index contributed by atoms with van der Waals surface area (Å²) < 4.78 is 5.31. The highest BCUT2D eigenvalue weighted by molar-refractivity contribution is 14.1. The minimum Gasteiger partial charge on any atom is -0.459 e. The number of ether oxygens (including phenoxy) is 1. The zero-order valence-corrected chi connectivity index (χ0v) is 11.3. The topological polar surface area (TPSA) is 55.4 Å². The van der Waals surface area contributed by atoms with E-state index < -0.39 is 11.9 Å². The van der Waals surface area contributed by atoms with Crippen molar-refractivity contribution in [2.45, 2.75) is 6.92 Å². The second-order valence-corrected chi connectivity index (χ2v) is 4.40. The smallest absolute Gasteiger partial charge is 0.397 e. The molecule has 0 atom stereocenters. The van der Waals surface area contributed by atoms with Gasteiger partial charge >= 0.3 is 11.9 Å². The van der Waals surface area contributed by atoms with Gasteiger partial charge in [-0.05, 0) is 47.7 Å². The highest BCUT2D eigenvalue weighted by atomic mass is 127. The van der Waals surface area contributed by atoms with Crippen LogP contribution in [0.3, 0.4) is 0 Å². The molecule has 0 spiro atoms. The van der Waals surface area contributed by atoms with Crippen LogP contribution in [-0.2, 0) is 14.3 Å². The Kier molecular flexibility index (Phi) is 5.01. The molecule has 86 valence electrons. The Balaban J connectivity index is 2.73. The summed E-state index contributed by atoms with van der Waals surface area (Å²) >= 11 is 7.77. The Hall–Kier alpha value is -0.820. The van der Waals surface area contributed by atoms with Gasteiger partial charge in [0.25, 0.3) is 0 Å². The van der Waals surface area contributed by atoms with Gasteiger partial charge in [-0.25, -0.2) is 4.79 Å².